The maximum Gasteiger partial charge on any atom is 0.443 e. The Morgan fingerprint density at radius 3 is 2.50 bits per heavy atom. The molecule has 0 bridgehead atoms. The number of hydrogen-bond acceptors (Lipinski definition) is 4. The number of carbonyl (C=O) groups is 1. The number of halogens is 3. The highest BCUT2D eigenvalue weighted by atomic mass is 32.1. The molecule has 0 spiro atoms. The second-order valence-electron chi connectivity index (χ2n) is 4.01. The third-order valence-corrected chi connectivity index (χ3v) is 4.78. The molecule has 3 rings (SSSR count). The van der Waals surface area contributed by atoms with Gasteiger partial charge in [-0.2, -0.15) is 13.2 Å². The van der Waals surface area contributed by atoms with Gasteiger partial charge in [-0.25, -0.2) is 4.98 Å². The van der Waals surface area contributed by atoms with E-state index in [0.717, 1.165) is 16.3 Å². The molecule has 0 saturated carbocycles. The van der Waals surface area contributed by atoms with Crippen molar-refractivity contribution in [3.8, 4) is 0 Å². The number of fused-ring (bicyclic) bond motifs is 1. The van der Waals surface area contributed by atoms with Crippen LogP contribution in [0.2, 0.25) is 0 Å². The third-order valence-electron chi connectivity index (χ3n) is 2.62. The highest BCUT2D eigenvalue weighted by Crippen LogP contribution is 2.34. The number of thiophene rings is 1. The van der Waals surface area contributed by atoms with Gasteiger partial charge in [-0.1, -0.05) is 18.2 Å². The standard InChI is InChI=1S/C13H6F3NOS2/c14-13(15,16)12-17-6-10(20-12)11(18)9-5-7-3-1-2-4-8(7)19-9/h1-6H. The molecule has 0 atom stereocenters. The molecular weight excluding hydrogens is 307 g/mol. The highest BCUT2D eigenvalue weighted by Gasteiger charge is 2.35. The summed E-state index contributed by atoms with van der Waals surface area (Å²) in [5, 5.41) is -0.0941. The highest BCUT2D eigenvalue weighted by molar-refractivity contribution is 7.22. The molecule has 0 radical (unpaired) electrons. The predicted molar refractivity (Wildman–Crippen MR) is 72.4 cm³/mol. The van der Waals surface area contributed by atoms with Gasteiger partial charge >= 0.3 is 6.18 Å². The molecule has 102 valence electrons. The van der Waals surface area contributed by atoms with Gasteiger partial charge < -0.3 is 0 Å². The molecule has 0 saturated heterocycles. The van der Waals surface area contributed by atoms with E-state index in [-0.39, 0.29) is 4.88 Å². The quantitative estimate of drug-likeness (QED) is 0.647. The molecule has 0 N–H and O–H groups in total. The van der Waals surface area contributed by atoms with E-state index in [4.69, 9.17) is 0 Å². The summed E-state index contributed by atoms with van der Waals surface area (Å²) in [5.74, 6) is -0.417. The summed E-state index contributed by atoms with van der Waals surface area (Å²) in [4.78, 5) is 15.9. The van der Waals surface area contributed by atoms with Crippen LogP contribution in [0.4, 0.5) is 13.2 Å². The molecule has 0 amide bonds. The van der Waals surface area contributed by atoms with Crippen LogP contribution in [0.25, 0.3) is 10.1 Å². The van der Waals surface area contributed by atoms with Crippen molar-refractivity contribution >= 4 is 38.5 Å². The van der Waals surface area contributed by atoms with Gasteiger partial charge in [-0.05, 0) is 17.5 Å². The largest absolute Gasteiger partial charge is 0.443 e. The molecule has 1 aromatic carbocycles. The summed E-state index contributed by atoms with van der Waals surface area (Å²) < 4.78 is 38.3. The Bertz CT molecular complexity index is 755. The first-order valence-electron chi connectivity index (χ1n) is 5.51. The summed E-state index contributed by atoms with van der Waals surface area (Å²) in [7, 11) is 0. The number of alkyl halides is 3. The fraction of sp³-hybridized carbons (Fsp3) is 0.0769. The molecule has 0 aliphatic heterocycles. The first kappa shape index (κ1) is 13.3. The Morgan fingerprint density at radius 2 is 1.85 bits per heavy atom. The van der Waals surface area contributed by atoms with Gasteiger partial charge in [0.15, 0.2) is 5.01 Å². The molecular formula is C13H6F3NOS2. The van der Waals surface area contributed by atoms with Gasteiger partial charge in [-0.3, -0.25) is 4.79 Å². The lowest BCUT2D eigenvalue weighted by molar-refractivity contribution is -0.137. The zero-order chi connectivity index (χ0) is 14.3. The topological polar surface area (TPSA) is 30.0 Å². The van der Waals surface area contributed by atoms with E-state index in [1.54, 1.807) is 6.07 Å². The summed E-state index contributed by atoms with van der Waals surface area (Å²) in [5.41, 5.74) is 0. The van der Waals surface area contributed by atoms with E-state index in [1.807, 2.05) is 24.3 Å². The number of benzene rings is 1. The van der Waals surface area contributed by atoms with Crippen LogP contribution in [0.5, 0.6) is 0 Å². The lowest BCUT2D eigenvalue weighted by Crippen LogP contribution is -2.03. The van der Waals surface area contributed by atoms with Crippen molar-refractivity contribution in [2.45, 2.75) is 6.18 Å². The van der Waals surface area contributed by atoms with Gasteiger partial charge in [0.2, 0.25) is 5.78 Å². The Balaban J connectivity index is 1.98. The Kier molecular flexibility index (Phi) is 3.10. The fourth-order valence-electron chi connectivity index (χ4n) is 1.73. The number of aromatic nitrogens is 1. The second kappa shape index (κ2) is 4.68. The van der Waals surface area contributed by atoms with E-state index in [1.165, 1.54) is 11.3 Å². The zero-order valence-electron chi connectivity index (χ0n) is 9.77. The predicted octanol–water partition coefficient (Wildman–Crippen LogP) is 4.61. The van der Waals surface area contributed by atoms with Crippen molar-refractivity contribution in [2.75, 3.05) is 0 Å². The van der Waals surface area contributed by atoms with Crippen LogP contribution in [0.3, 0.4) is 0 Å². The molecule has 20 heavy (non-hydrogen) atoms. The van der Waals surface area contributed by atoms with E-state index >= 15 is 0 Å². The maximum absolute atomic E-state index is 12.5. The fourth-order valence-corrected chi connectivity index (χ4v) is 3.54. The molecule has 7 heteroatoms. The number of carbonyl (C=O) groups excluding carboxylic acids is 1. The van der Waals surface area contributed by atoms with Crippen LogP contribution in [-0.4, -0.2) is 10.8 Å². The van der Waals surface area contributed by atoms with Crippen molar-refractivity contribution in [3.63, 3.8) is 0 Å². The van der Waals surface area contributed by atoms with Crippen LogP contribution >= 0.6 is 22.7 Å². The van der Waals surface area contributed by atoms with E-state index in [0.29, 0.717) is 16.2 Å². The summed E-state index contributed by atoms with van der Waals surface area (Å²) in [6, 6.07) is 9.11. The number of thiazole rings is 1. The minimum atomic E-state index is -4.51. The van der Waals surface area contributed by atoms with Crippen molar-refractivity contribution in [1.82, 2.24) is 4.98 Å². The van der Waals surface area contributed by atoms with Crippen LogP contribution < -0.4 is 0 Å². The second-order valence-corrected chi connectivity index (χ2v) is 6.12. The lowest BCUT2D eigenvalue weighted by Gasteiger charge is -1.98. The van der Waals surface area contributed by atoms with Crippen molar-refractivity contribution in [3.05, 3.63) is 51.3 Å². The third kappa shape index (κ3) is 2.34. The molecule has 0 aliphatic carbocycles. The van der Waals surface area contributed by atoms with Crippen molar-refractivity contribution in [2.24, 2.45) is 0 Å². The molecule has 2 aromatic heterocycles. The number of nitrogens with zero attached hydrogens (tertiary/aromatic N) is 1. The number of hydrogen-bond donors (Lipinski definition) is 0. The molecule has 2 nitrogen and oxygen atoms in total. The van der Waals surface area contributed by atoms with Crippen molar-refractivity contribution < 1.29 is 18.0 Å². The normalized spacial score (nSPS) is 11.9. The smallest absolute Gasteiger partial charge is 0.287 e. The minimum absolute atomic E-state index is 0.00359. The van der Waals surface area contributed by atoms with Gasteiger partial charge in [0, 0.05) is 10.9 Å². The summed E-state index contributed by atoms with van der Waals surface area (Å²) >= 11 is 1.64. The average Bonchev–Trinajstić information content (AvgIpc) is 3.04. The van der Waals surface area contributed by atoms with Crippen LogP contribution in [0.1, 0.15) is 19.6 Å². The van der Waals surface area contributed by atoms with Crippen molar-refractivity contribution in [1.29, 1.82) is 0 Å². The Hall–Kier alpha value is -1.73. The monoisotopic (exact) mass is 313 g/mol. The maximum atomic E-state index is 12.5. The van der Waals surface area contributed by atoms with Gasteiger partial charge in [0.25, 0.3) is 0 Å². The van der Waals surface area contributed by atoms with Crippen LogP contribution in [0.15, 0.2) is 36.5 Å². The zero-order valence-corrected chi connectivity index (χ0v) is 11.4. The van der Waals surface area contributed by atoms with Gasteiger partial charge in [0.1, 0.15) is 0 Å². The lowest BCUT2D eigenvalue weighted by atomic mass is 10.2. The molecule has 0 unspecified atom stereocenters. The SMILES string of the molecule is O=C(c1cnc(C(F)(F)F)s1)c1cc2ccccc2s1. The van der Waals surface area contributed by atoms with Crippen LogP contribution in [-0.2, 0) is 6.18 Å². The Labute approximate surface area is 119 Å². The number of rotatable bonds is 2. The minimum Gasteiger partial charge on any atom is -0.287 e. The molecule has 0 fully saturated rings. The van der Waals surface area contributed by atoms with E-state index in [9.17, 15) is 18.0 Å². The average molecular weight is 313 g/mol. The van der Waals surface area contributed by atoms with E-state index < -0.39 is 17.0 Å². The van der Waals surface area contributed by atoms with Gasteiger partial charge in [0.05, 0.1) is 9.75 Å². The molecule has 2 heterocycles. The molecule has 0 aliphatic rings. The molecule has 3 aromatic rings. The number of ketones is 1. The first-order chi connectivity index (χ1) is 9.45. The Morgan fingerprint density at radius 1 is 1.10 bits per heavy atom. The van der Waals surface area contributed by atoms with Gasteiger partial charge in [-0.15, -0.1) is 22.7 Å². The summed E-state index contributed by atoms with van der Waals surface area (Å²) in [6.45, 7) is 0. The van der Waals surface area contributed by atoms with E-state index in [2.05, 4.69) is 4.98 Å². The summed E-state index contributed by atoms with van der Waals surface area (Å²) in [6.07, 6.45) is -3.52. The van der Waals surface area contributed by atoms with Crippen LogP contribution in [0, 0.1) is 0 Å². The first-order valence-corrected chi connectivity index (χ1v) is 7.15.